The van der Waals surface area contributed by atoms with Gasteiger partial charge < -0.3 is 10.4 Å². The first-order valence-electron chi connectivity index (χ1n) is 7.76. The number of nitrogens with one attached hydrogen (secondary N) is 1. The van der Waals surface area contributed by atoms with E-state index in [0.717, 1.165) is 42.5 Å². The van der Waals surface area contributed by atoms with Crippen molar-refractivity contribution in [3.05, 3.63) is 29.3 Å². The molecule has 2 rings (SSSR count). The van der Waals surface area contributed by atoms with Gasteiger partial charge in [-0.1, -0.05) is 45.2 Å². The molecule has 0 aromatic heterocycles. The highest BCUT2D eigenvalue weighted by Crippen LogP contribution is 2.32. The van der Waals surface area contributed by atoms with Crippen LogP contribution in [0.2, 0.25) is 0 Å². The Morgan fingerprint density at radius 1 is 1.30 bits per heavy atom. The minimum absolute atomic E-state index is 0.0835. The van der Waals surface area contributed by atoms with Crippen molar-refractivity contribution in [1.82, 2.24) is 0 Å². The summed E-state index contributed by atoms with van der Waals surface area (Å²) < 4.78 is 0. The van der Waals surface area contributed by atoms with Gasteiger partial charge in [0, 0.05) is 12.1 Å². The number of rotatable bonds is 6. The van der Waals surface area contributed by atoms with E-state index in [-0.39, 0.29) is 5.91 Å². The Labute approximate surface area is 121 Å². The van der Waals surface area contributed by atoms with E-state index < -0.39 is 6.10 Å². The highest BCUT2D eigenvalue weighted by Gasteiger charge is 2.21. The lowest BCUT2D eigenvalue weighted by Gasteiger charge is -2.24. The molecule has 1 aromatic rings. The van der Waals surface area contributed by atoms with Gasteiger partial charge >= 0.3 is 0 Å². The predicted molar refractivity (Wildman–Crippen MR) is 81.7 cm³/mol. The molecule has 1 aromatic carbocycles. The topological polar surface area (TPSA) is 49.3 Å². The van der Waals surface area contributed by atoms with Crippen LogP contribution in [0.25, 0.3) is 0 Å². The van der Waals surface area contributed by atoms with E-state index >= 15 is 0 Å². The molecule has 2 N–H and O–H groups in total. The lowest BCUT2D eigenvalue weighted by Crippen LogP contribution is -2.20. The number of benzene rings is 1. The van der Waals surface area contributed by atoms with Crippen molar-refractivity contribution in [2.75, 3.05) is 5.32 Å². The minimum atomic E-state index is -0.394. The standard InChI is InChI=1S/C17H25NO2/c1-3-5-6-12(4-2)17(20)14-7-9-15-13(11-14)8-10-16(19)18-15/h7,9,11-12,17,20H,3-6,8,10H2,1-2H3,(H,18,19). The Hall–Kier alpha value is -1.35. The third-order valence-electron chi connectivity index (χ3n) is 4.27. The van der Waals surface area contributed by atoms with Gasteiger partial charge in [0.15, 0.2) is 0 Å². The first-order chi connectivity index (χ1) is 9.65. The summed E-state index contributed by atoms with van der Waals surface area (Å²) in [5, 5.41) is 13.5. The van der Waals surface area contributed by atoms with E-state index in [0.29, 0.717) is 12.3 Å². The van der Waals surface area contributed by atoms with Gasteiger partial charge in [-0.3, -0.25) is 4.79 Å². The summed E-state index contributed by atoms with van der Waals surface area (Å²) in [6.07, 6.45) is 5.31. The summed E-state index contributed by atoms with van der Waals surface area (Å²) in [6.45, 7) is 4.32. The average Bonchev–Trinajstić information content (AvgIpc) is 2.47. The Kier molecular flexibility index (Phi) is 5.18. The van der Waals surface area contributed by atoms with Gasteiger partial charge in [-0.05, 0) is 36.0 Å². The van der Waals surface area contributed by atoms with Gasteiger partial charge in [0.1, 0.15) is 0 Å². The summed E-state index contributed by atoms with van der Waals surface area (Å²) in [6, 6.07) is 5.94. The maximum absolute atomic E-state index is 11.4. The molecule has 0 bridgehead atoms. The minimum Gasteiger partial charge on any atom is -0.388 e. The largest absolute Gasteiger partial charge is 0.388 e. The summed E-state index contributed by atoms with van der Waals surface area (Å²) in [4.78, 5) is 11.4. The van der Waals surface area contributed by atoms with Crippen molar-refractivity contribution in [2.45, 2.75) is 58.5 Å². The zero-order chi connectivity index (χ0) is 14.5. The van der Waals surface area contributed by atoms with Gasteiger partial charge in [-0.15, -0.1) is 0 Å². The number of aliphatic hydroxyl groups is 1. The molecule has 0 saturated heterocycles. The fourth-order valence-electron chi connectivity index (χ4n) is 2.91. The second-order valence-corrected chi connectivity index (χ2v) is 5.72. The lowest BCUT2D eigenvalue weighted by molar-refractivity contribution is -0.116. The van der Waals surface area contributed by atoms with Crippen molar-refractivity contribution in [1.29, 1.82) is 0 Å². The molecule has 1 amide bonds. The molecule has 0 radical (unpaired) electrons. The molecule has 0 spiro atoms. The van der Waals surface area contributed by atoms with E-state index in [1.165, 1.54) is 6.42 Å². The molecule has 20 heavy (non-hydrogen) atoms. The lowest BCUT2D eigenvalue weighted by atomic mass is 9.87. The molecule has 3 heteroatoms. The second-order valence-electron chi connectivity index (χ2n) is 5.72. The average molecular weight is 275 g/mol. The van der Waals surface area contributed by atoms with E-state index in [4.69, 9.17) is 0 Å². The first kappa shape index (κ1) is 15.0. The molecule has 0 fully saturated rings. The van der Waals surface area contributed by atoms with Crippen LogP contribution in [0.3, 0.4) is 0 Å². The normalized spacial score (nSPS) is 17.2. The van der Waals surface area contributed by atoms with Gasteiger partial charge in [0.25, 0.3) is 0 Å². The fourth-order valence-corrected chi connectivity index (χ4v) is 2.91. The van der Waals surface area contributed by atoms with Crippen molar-refractivity contribution in [2.24, 2.45) is 5.92 Å². The number of carbonyl (C=O) groups is 1. The summed E-state index contributed by atoms with van der Waals surface area (Å²) in [7, 11) is 0. The van der Waals surface area contributed by atoms with Gasteiger partial charge in [-0.2, -0.15) is 0 Å². The van der Waals surface area contributed by atoms with E-state index in [1.807, 2.05) is 12.1 Å². The number of hydrogen-bond acceptors (Lipinski definition) is 2. The number of amides is 1. The third-order valence-corrected chi connectivity index (χ3v) is 4.27. The van der Waals surface area contributed by atoms with Crippen LogP contribution < -0.4 is 5.32 Å². The van der Waals surface area contributed by atoms with Crippen LogP contribution in [0.4, 0.5) is 5.69 Å². The molecule has 2 atom stereocenters. The SMILES string of the molecule is CCCCC(CC)C(O)c1ccc2c(c1)CCC(=O)N2. The van der Waals surface area contributed by atoms with Crippen molar-refractivity contribution >= 4 is 11.6 Å². The maximum Gasteiger partial charge on any atom is 0.224 e. The summed E-state index contributed by atoms with van der Waals surface area (Å²) >= 11 is 0. The predicted octanol–water partition coefficient (Wildman–Crippen LogP) is 3.82. The number of aryl methyl sites for hydroxylation is 1. The van der Waals surface area contributed by atoms with E-state index in [2.05, 4.69) is 25.2 Å². The molecule has 110 valence electrons. The Balaban J connectivity index is 2.13. The van der Waals surface area contributed by atoms with Crippen molar-refractivity contribution < 1.29 is 9.90 Å². The van der Waals surface area contributed by atoms with Gasteiger partial charge in [0.2, 0.25) is 5.91 Å². The Bertz CT molecular complexity index is 470. The number of carbonyl (C=O) groups excluding carboxylic acids is 1. The highest BCUT2D eigenvalue weighted by atomic mass is 16.3. The number of aliphatic hydroxyl groups excluding tert-OH is 1. The number of fused-ring (bicyclic) bond motifs is 1. The molecular weight excluding hydrogens is 250 g/mol. The second kappa shape index (κ2) is 6.89. The van der Waals surface area contributed by atoms with E-state index in [9.17, 15) is 9.90 Å². The number of unbranched alkanes of at least 4 members (excludes halogenated alkanes) is 1. The van der Waals surface area contributed by atoms with Crippen LogP contribution in [-0.4, -0.2) is 11.0 Å². The van der Waals surface area contributed by atoms with Crippen molar-refractivity contribution in [3.63, 3.8) is 0 Å². The van der Waals surface area contributed by atoms with Gasteiger partial charge in [0.05, 0.1) is 6.10 Å². The van der Waals surface area contributed by atoms with Gasteiger partial charge in [-0.25, -0.2) is 0 Å². The van der Waals surface area contributed by atoms with Crippen LogP contribution in [0.15, 0.2) is 18.2 Å². The summed E-state index contributed by atoms with van der Waals surface area (Å²) in [5.74, 6) is 0.409. The Morgan fingerprint density at radius 3 is 2.80 bits per heavy atom. The number of anilines is 1. The molecule has 0 saturated carbocycles. The molecule has 2 unspecified atom stereocenters. The maximum atomic E-state index is 11.4. The third kappa shape index (κ3) is 3.40. The van der Waals surface area contributed by atoms with Crippen LogP contribution in [0, 0.1) is 5.92 Å². The number of hydrogen-bond donors (Lipinski definition) is 2. The molecular formula is C17H25NO2. The van der Waals surface area contributed by atoms with E-state index in [1.54, 1.807) is 0 Å². The monoisotopic (exact) mass is 275 g/mol. The van der Waals surface area contributed by atoms with Crippen molar-refractivity contribution in [3.8, 4) is 0 Å². The molecule has 1 aliphatic rings. The molecule has 1 aliphatic heterocycles. The van der Waals surface area contributed by atoms with Crippen LogP contribution in [0.1, 0.15) is 63.2 Å². The van der Waals surface area contributed by atoms with Crippen LogP contribution >= 0.6 is 0 Å². The smallest absolute Gasteiger partial charge is 0.224 e. The molecule has 3 nitrogen and oxygen atoms in total. The Morgan fingerprint density at radius 2 is 2.10 bits per heavy atom. The van der Waals surface area contributed by atoms with Crippen LogP contribution in [-0.2, 0) is 11.2 Å². The first-order valence-corrected chi connectivity index (χ1v) is 7.76. The molecule has 0 aliphatic carbocycles. The quantitative estimate of drug-likeness (QED) is 0.829. The zero-order valence-corrected chi connectivity index (χ0v) is 12.5. The fraction of sp³-hybridized carbons (Fsp3) is 0.588. The molecule has 1 heterocycles. The summed E-state index contributed by atoms with van der Waals surface area (Å²) in [5.41, 5.74) is 3.04. The highest BCUT2D eigenvalue weighted by molar-refractivity contribution is 5.93. The zero-order valence-electron chi connectivity index (χ0n) is 12.5. The van der Waals surface area contributed by atoms with Crippen LogP contribution in [0.5, 0.6) is 0 Å².